The van der Waals surface area contributed by atoms with E-state index in [4.69, 9.17) is 5.73 Å². The zero-order valence-corrected chi connectivity index (χ0v) is 13.3. The smallest absolute Gasteiger partial charge is 0.126 e. The number of nitrogens with two attached hydrogens (primary N) is 1. The third kappa shape index (κ3) is 2.98. The molecule has 0 amide bonds. The van der Waals surface area contributed by atoms with Gasteiger partial charge in [-0.15, -0.1) is 0 Å². The van der Waals surface area contributed by atoms with Crippen LogP contribution in [0.1, 0.15) is 51.3 Å². The number of benzene rings is 1. The molecular weight excluding hydrogens is 251 g/mol. The second-order valence-corrected chi connectivity index (χ2v) is 7.25. The van der Waals surface area contributed by atoms with E-state index in [1.54, 1.807) is 6.07 Å². The SMILES string of the molecule is Cc1cc(N2CCC(C(C)(C)C)C2)c([C@H](C)N)cc1F. The Balaban J connectivity index is 2.32. The molecule has 1 aliphatic heterocycles. The van der Waals surface area contributed by atoms with Crippen LogP contribution in [0.2, 0.25) is 0 Å². The van der Waals surface area contributed by atoms with Gasteiger partial charge < -0.3 is 10.6 Å². The van der Waals surface area contributed by atoms with Crippen molar-refractivity contribution in [3.05, 3.63) is 29.1 Å². The molecule has 0 radical (unpaired) electrons. The van der Waals surface area contributed by atoms with Crippen molar-refractivity contribution in [3.8, 4) is 0 Å². The predicted octanol–water partition coefficient (Wildman–Crippen LogP) is 4.03. The fourth-order valence-corrected chi connectivity index (χ4v) is 3.01. The molecule has 20 heavy (non-hydrogen) atoms. The normalized spacial score (nSPS) is 21.4. The summed E-state index contributed by atoms with van der Waals surface area (Å²) in [5, 5.41) is 0. The van der Waals surface area contributed by atoms with Crippen molar-refractivity contribution in [2.45, 2.75) is 47.1 Å². The van der Waals surface area contributed by atoms with Crippen LogP contribution in [0.5, 0.6) is 0 Å². The summed E-state index contributed by atoms with van der Waals surface area (Å²) in [6, 6.07) is 3.42. The first kappa shape index (κ1) is 15.3. The highest BCUT2D eigenvalue weighted by Gasteiger charge is 2.32. The van der Waals surface area contributed by atoms with Gasteiger partial charge in [0.25, 0.3) is 0 Å². The van der Waals surface area contributed by atoms with Crippen molar-refractivity contribution >= 4 is 5.69 Å². The van der Waals surface area contributed by atoms with Crippen molar-refractivity contribution in [3.63, 3.8) is 0 Å². The first-order chi connectivity index (χ1) is 9.20. The fraction of sp³-hybridized carbons (Fsp3) is 0.647. The maximum atomic E-state index is 13.8. The minimum atomic E-state index is -0.160. The van der Waals surface area contributed by atoms with Gasteiger partial charge >= 0.3 is 0 Å². The van der Waals surface area contributed by atoms with Crippen LogP contribution in [0.3, 0.4) is 0 Å². The lowest BCUT2D eigenvalue weighted by Gasteiger charge is -2.29. The summed E-state index contributed by atoms with van der Waals surface area (Å²) in [4.78, 5) is 2.38. The summed E-state index contributed by atoms with van der Waals surface area (Å²) < 4.78 is 13.8. The van der Waals surface area contributed by atoms with E-state index in [-0.39, 0.29) is 11.9 Å². The second kappa shape index (κ2) is 5.36. The van der Waals surface area contributed by atoms with Gasteiger partial charge in [-0.2, -0.15) is 0 Å². The predicted molar refractivity (Wildman–Crippen MR) is 83.5 cm³/mol. The van der Waals surface area contributed by atoms with Crippen molar-refractivity contribution in [1.29, 1.82) is 0 Å². The molecule has 0 saturated carbocycles. The van der Waals surface area contributed by atoms with E-state index in [1.165, 1.54) is 6.42 Å². The molecule has 1 saturated heterocycles. The highest BCUT2D eigenvalue weighted by molar-refractivity contribution is 5.57. The Morgan fingerprint density at radius 2 is 2.00 bits per heavy atom. The molecule has 0 spiro atoms. The van der Waals surface area contributed by atoms with Gasteiger partial charge in [0.05, 0.1) is 0 Å². The molecule has 2 atom stereocenters. The molecule has 2 rings (SSSR count). The Labute approximate surface area is 122 Å². The Hall–Kier alpha value is -1.09. The van der Waals surface area contributed by atoms with Gasteiger partial charge in [0.15, 0.2) is 0 Å². The Morgan fingerprint density at radius 3 is 2.50 bits per heavy atom. The average molecular weight is 278 g/mol. The minimum absolute atomic E-state index is 0.145. The summed E-state index contributed by atoms with van der Waals surface area (Å²) in [5.41, 5.74) is 9.08. The molecule has 1 aliphatic rings. The number of nitrogens with zero attached hydrogens (tertiary/aromatic N) is 1. The lowest BCUT2D eigenvalue weighted by molar-refractivity contribution is 0.263. The van der Waals surface area contributed by atoms with Crippen LogP contribution in [0.25, 0.3) is 0 Å². The van der Waals surface area contributed by atoms with Crippen LogP contribution in [-0.2, 0) is 0 Å². The standard InChI is InChI=1S/C17H27FN2/c1-11-8-16(14(12(2)19)9-15(11)18)20-7-6-13(10-20)17(3,4)5/h8-9,12-13H,6-7,10,19H2,1-5H3/t12-,13?/m0/s1. The molecule has 1 aromatic carbocycles. The maximum absolute atomic E-state index is 13.8. The average Bonchev–Trinajstić information content (AvgIpc) is 2.80. The summed E-state index contributed by atoms with van der Waals surface area (Å²) in [7, 11) is 0. The molecule has 1 fully saturated rings. The largest absolute Gasteiger partial charge is 0.371 e. The minimum Gasteiger partial charge on any atom is -0.371 e. The van der Waals surface area contributed by atoms with Crippen LogP contribution in [0.15, 0.2) is 12.1 Å². The molecule has 0 bridgehead atoms. The number of anilines is 1. The van der Waals surface area contributed by atoms with Gasteiger partial charge in [0.2, 0.25) is 0 Å². The third-order valence-corrected chi connectivity index (χ3v) is 4.55. The lowest BCUT2D eigenvalue weighted by atomic mass is 9.80. The van der Waals surface area contributed by atoms with Crippen molar-refractivity contribution in [2.75, 3.05) is 18.0 Å². The molecule has 0 aliphatic carbocycles. The van der Waals surface area contributed by atoms with E-state index >= 15 is 0 Å². The third-order valence-electron chi connectivity index (χ3n) is 4.55. The number of hydrogen-bond acceptors (Lipinski definition) is 2. The van der Waals surface area contributed by atoms with E-state index in [1.807, 2.05) is 19.9 Å². The molecular formula is C17H27FN2. The Bertz CT molecular complexity index is 488. The summed E-state index contributed by atoms with van der Waals surface area (Å²) >= 11 is 0. The number of aryl methyl sites for hydroxylation is 1. The van der Waals surface area contributed by atoms with E-state index in [0.29, 0.717) is 16.9 Å². The van der Waals surface area contributed by atoms with Crippen LogP contribution in [0, 0.1) is 24.1 Å². The van der Waals surface area contributed by atoms with Crippen molar-refractivity contribution in [2.24, 2.45) is 17.1 Å². The Kier molecular flexibility index (Phi) is 4.10. The van der Waals surface area contributed by atoms with Crippen molar-refractivity contribution < 1.29 is 4.39 Å². The van der Waals surface area contributed by atoms with Gasteiger partial charge in [-0.25, -0.2) is 4.39 Å². The number of rotatable bonds is 2. The molecule has 2 nitrogen and oxygen atoms in total. The summed E-state index contributed by atoms with van der Waals surface area (Å²) in [5.74, 6) is 0.515. The molecule has 1 aromatic rings. The Morgan fingerprint density at radius 1 is 1.35 bits per heavy atom. The molecule has 2 N–H and O–H groups in total. The van der Waals surface area contributed by atoms with Gasteiger partial charge in [-0.1, -0.05) is 20.8 Å². The van der Waals surface area contributed by atoms with E-state index in [2.05, 4.69) is 25.7 Å². The molecule has 112 valence electrons. The van der Waals surface area contributed by atoms with Crippen molar-refractivity contribution in [1.82, 2.24) is 0 Å². The van der Waals surface area contributed by atoms with E-state index in [9.17, 15) is 4.39 Å². The van der Waals surface area contributed by atoms with E-state index in [0.717, 1.165) is 24.3 Å². The summed E-state index contributed by atoms with van der Waals surface area (Å²) in [6.07, 6.45) is 1.19. The fourth-order valence-electron chi connectivity index (χ4n) is 3.01. The van der Waals surface area contributed by atoms with E-state index < -0.39 is 0 Å². The van der Waals surface area contributed by atoms with Gasteiger partial charge in [-0.05, 0) is 54.9 Å². The maximum Gasteiger partial charge on any atom is 0.126 e. The molecule has 1 unspecified atom stereocenters. The first-order valence-corrected chi connectivity index (χ1v) is 7.50. The van der Waals surface area contributed by atoms with Gasteiger partial charge in [0, 0.05) is 24.8 Å². The van der Waals surface area contributed by atoms with Crippen LogP contribution in [0.4, 0.5) is 10.1 Å². The highest BCUT2D eigenvalue weighted by Crippen LogP contribution is 2.38. The quantitative estimate of drug-likeness (QED) is 0.885. The number of halogens is 1. The molecule has 0 aromatic heterocycles. The monoisotopic (exact) mass is 278 g/mol. The molecule has 1 heterocycles. The van der Waals surface area contributed by atoms with Crippen LogP contribution < -0.4 is 10.6 Å². The van der Waals surface area contributed by atoms with Crippen LogP contribution in [-0.4, -0.2) is 13.1 Å². The van der Waals surface area contributed by atoms with Gasteiger partial charge in [0.1, 0.15) is 5.82 Å². The first-order valence-electron chi connectivity index (χ1n) is 7.50. The zero-order valence-electron chi connectivity index (χ0n) is 13.3. The topological polar surface area (TPSA) is 29.3 Å². The lowest BCUT2D eigenvalue weighted by Crippen LogP contribution is -2.27. The second-order valence-electron chi connectivity index (χ2n) is 7.25. The van der Waals surface area contributed by atoms with Crippen LogP contribution >= 0.6 is 0 Å². The van der Waals surface area contributed by atoms with Gasteiger partial charge in [-0.3, -0.25) is 0 Å². The number of hydrogen-bond donors (Lipinski definition) is 1. The highest BCUT2D eigenvalue weighted by atomic mass is 19.1. The summed E-state index contributed by atoms with van der Waals surface area (Å²) in [6.45, 7) is 12.7. The zero-order chi connectivity index (χ0) is 15.1. The molecule has 3 heteroatoms.